The van der Waals surface area contributed by atoms with Gasteiger partial charge in [0.2, 0.25) is 0 Å². The highest BCUT2D eigenvalue weighted by Gasteiger charge is 2.16. The Kier molecular flexibility index (Phi) is 5.49. The van der Waals surface area contributed by atoms with Gasteiger partial charge in [0.25, 0.3) is 5.91 Å². The van der Waals surface area contributed by atoms with Gasteiger partial charge >= 0.3 is 5.97 Å². The van der Waals surface area contributed by atoms with Gasteiger partial charge in [-0.15, -0.1) is 0 Å². The second kappa shape index (κ2) is 7.25. The lowest BCUT2D eigenvalue weighted by atomic mass is 10.1. The Morgan fingerprint density at radius 1 is 1.12 bits per heavy atom. The molecule has 0 aliphatic heterocycles. The summed E-state index contributed by atoms with van der Waals surface area (Å²) >= 11 is 6.06. The van der Waals surface area contributed by atoms with E-state index in [1.807, 2.05) is 0 Å². The zero-order valence-electron chi connectivity index (χ0n) is 13.8. The molecule has 0 spiro atoms. The predicted molar refractivity (Wildman–Crippen MR) is 95.0 cm³/mol. The van der Waals surface area contributed by atoms with Gasteiger partial charge in [0.1, 0.15) is 0 Å². The van der Waals surface area contributed by atoms with Crippen LogP contribution in [0.15, 0.2) is 41.3 Å². The average molecular weight is 382 g/mol. The summed E-state index contributed by atoms with van der Waals surface area (Å²) in [6.45, 7) is 1.69. The van der Waals surface area contributed by atoms with Gasteiger partial charge in [-0.2, -0.15) is 0 Å². The van der Waals surface area contributed by atoms with Gasteiger partial charge in [-0.3, -0.25) is 4.79 Å². The maximum absolute atomic E-state index is 12.5. The number of rotatable bonds is 4. The van der Waals surface area contributed by atoms with Crippen molar-refractivity contribution in [2.75, 3.05) is 18.7 Å². The normalized spacial score (nSPS) is 11.0. The second-order valence-electron chi connectivity index (χ2n) is 5.39. The first-order chi connectivity index (χ1) is 11.6. The van der Waals surface area contributed by atoms with E-state index in [1.165, 1.54) is 37.4 Å². The van der Waals surface area contributed by atoms with Gasteiger partial charge in [0, 0.05) is 11.8 Å². The number of halogens is 1. The van der Waals surface area contributed by atoms with Crippen molar-refractivity contribution in [2.45, 2.75) is 11.8 Å². The van der Waals surface area contributed by atoms with Gasteiger partial charge in [0.15, 0.2) is 9.84 Å². The number of nitrogens with one attached hydrogen (secondary N) is 1. The quantitative estimate of drug-likeness (QED) is 0.822. The van der Waals surface area contributed by atoms with Crippen LogP contribution in [0.3, 0.4) is 0 Å². The number of hydrogen-bond acceptors (Lipinski definition) is 5. The van der Waals surface area contributed by atoms with E-state index in [1.54, 1.807) is 13.0 Å². The van der Waals surface area contributed by atoms with E-state index in [0.29, 0.717) is 5.56 Å². The Bertz CT molecular complexity index is 954. The summed E-state index contributed by atoms with van der Waals surface area (Å²) in [6, 6.07) is 8.62. The van der Waals surface area contributed by atoms with Gasteiger partial charge in [-0.25, -0.2) is 13.2 Å². The minimum atomic E-state index is -3.45. The van der Waals surface area contributed by atoms with Gasteiger partial charge in [-0.05, 0) is 42.8 Å². The fraction of sp³-hybridized carbons (Fsp3) is 0.176. The maximum Gasteiger partial charge on any atom is 0.337 e. The molecule has 0 radical (unpaired) electrons. The lowest BCUT2D eigenvalue weighted by Gasteiger charge is -2.11. The van der Waals surface area contributed by atoms with Crippen molar-refractivity contribution in [1.82, 2.24) is 0 Å². The molecule has 0 bridgehead atoms. The van der Waals surface area contributed by atoms with Crippen LogP contribution in [0, 0.1) is 6.92 Å². The summed E-state index contributed by atoms with van der Waals surface area (Å²) in [5, 5.41) is 2.83. The van der Waals surface area contributed by atoms with Crippen molar-refractivity contribution in [1.29, 1.82) is 0 Å². The average Bonchev–Trinajstić information content (AvgIpc) is 2.55. The highest BCUT2D eigenvalue weighted by molar-refractivity contribution is 7.90. The van der Waals surface area contributed by atoms with E-state index in [4.69, 9.17) is 11.6 Å². The van der Waals surface area contributed by atoms with E-state index < -0.39 is 21.7 Å². The van der Waals surface area contributed by atoms with Crippen LogP contribution in [-0.2, 0) is 14.6 Å². The molecule has 132 valence electrons. The fourth-order valence-corrected chi connectivity index (χ4v) is 2.94. The summed E-state index contributed by atoms with van der Waals surface area (Å²) in [6.07, 6.45) is 1.07. The molecule has 2 rings (SSSR count). The summed E-state index contributed by atoms with van der Waals surface area (Å²) in [5.74, 6) is -1.10. The minimum absolute atomic E-state index is 0.0395. The number of sulfone groups is 1. The fourth-order valence-electron chi connectivity index (χ4n) is 2.13. The molecule has 0 aliphatic rings. The molecular weight excluding hydrogens is 366 g/mol. The van der Waals surface area contributed by atoms with Crippen molar-refractivity contribution >= 4 is 39.0 Å². The monoisotopic (exact) mass is 381 g/mol. The first-order valence-corrected chi connectivity index (χ1v) is 9.40. The number of carbonyl (C=O) groups excluding carboxylic acids is 2. The first-order valence-electron chi connectivity index (χ1n) is 7.13. The molecule has 25 heavy (non-hydrogen) atoms. The van der Waals surface area contributed by atoms with E-state index in [9.17, 15) is 18.0 Å². The van der Waals surface area contributed by atoms with E-state index in [0.717, 1.165) is 6.26 Å². The number of aryl methyl sites for hydroxylation is 1. The standard InChI is InChI=1S/C17H16ClNO5S/c1-10-4-6-12(25(3,22)23)9-13(10)16(20)19-15-8-11(17(21)24-2)5-7-14(15)18/h4-9H,1-3H3,(H,19,20). The van der Waals surface area contributed by atoms with Crippen molar-refractivity contribution in [3.05, 3.63) is 58.1 Å². The number of hydrogen-bond donors (Lipinski definition) is 1. The molecule has 2 aromatic carbocycles. The zero-order chi connectivity index (χ0) is 18.8. The van der Waals surface area contributed by atoms with Gasteiger partial charge < -0.3 is 10.1 Å². The zero-order valence-corrected chi connectivity index (χ0v) is 15.4. The molecule has 0 unspecified atom stereocenters. The molecule has 0 aliphatic carbocycles. The number of esters is 1. The van der Waals surface area contributed by atoms with Crippen molar-refractivity contribution in [3.63, 3.8) is 0 Å². The molecule has 0 saturated carbocycles. The SMILES string of the molecule is COC(=O)c1ccc(Cl)c(NC(=O)c2cc(S(C)(=O)=O)ccc2C)c1. The van der Waals surface area contributed by atoms with Crippen LogP contribution < -0.4 is 5.32 Å². The third-order valence-corrected chi connectivity index (χ3v) is 4.96. The molecule has 1 amide bonds. The molecule has 6 nitrogen and oxygen atoms in total. The summed E-state index contributed by atoms with van der Waals surface area (Å²) in [7, 11) is -2.20. The topological polar surface area (TPSA) is 89.5 Å². The molecule has 1 N–H and O–H groups in total. The third-order valence-electron chi connectivity index (χ3n) is 3.52. The molecule has 2 aromatic rings. The molecule has 0 saturated heterocycles. The van der Waals surface area contributed by atoms with Crippen LogP contribution in [0.4, 0.5) is 5.69 Å². The van der Waals surface area contributed by atoms with Crippen LogP contribution >= 0.6 is 11.6 Å². The summed E-state index contributed by atoms with van der Waals surface area (Å²) in [5.41, 5.74) is 1.25. The number of amides is 1. The van der Waals surface area contributed by atoms with Crippen LogP contribution in [0.1, 0.15) is 26.3 Å². The Labute approximate surface area is 150 Å². The number of anilines is 1. The van der Waals surface area contributed by atoms with Gasteiger partial charge in [-0.1, -0.05) is 17.7 Å². The smallest absolute Gasteiger partial charge is 0.337 e. The van der Waals surface area contributed by atoms with Crippen LogP contribution in [0.5, 0.6) is 0 Å². The Hall–Kier alpha value is -2.38. The number of methoxy groups -OCH3 is 1. The number of benzene rings is 2. The highest BCUT2D eigenvalue weighted by atomic mass is 35.5. The van der Waals surface area contributed by atoms with E-state index >= 15 is 0 Å². The lowest BCUT2D eigenvalue weighted by molar-refractivity contribution is 0.0600. The second-order valence-corrected chi connectivity index (χ2v) is 7.81. The Morgan fingerprint density at radius 2 is 1.80 bits per heavy atom. The molecule has 8 heteroatoms. The van der Waals surface area contributed by atoms with Crippen molar-refractivity contribution < 1.29 is 22.7 Å². The largest absolute Gasteiger partial charge is 0.465 e. The number of ether oxygens (including phenoxy) is 1. The van der Waals surface area contributed by atoms with Crippen LogP contribution in [-0.4, -0.2) is 33.7 Å². The Morgan fingerprint density at radius 3 is 2.40 bits per heavy atom. The number of carbonyl (C=O) groups is 2. The van der Waals surface area contributed by atoms with E-state index in [-0.39, 0.29) is 26.7 Å². The molecular formula is C17H16ClNO5S. The predicted octanol–water partition coefficient (Wildman–Crippen LogP) is 3.09. The first kappa shape index (κ1) is 19.0. The molecule has 0 fully saturated rings. The van der Waals surface area contributed by atoms with Gasteiger partial charge in [0.05, 0.1) is 28.3 Å². The van der Waals surface area contributed by atoms with Crippen molar-refractivity contribution in [3.8, 4) is 0 Å². The Balaban J connectivity index is 2.39. The minimum Gasteiger partial charge on any atom is -0.465 e. The van der Waals surface area contributed by atoms with Crippen LogP contribution in [0.2, 0.25) is 5.02 Å². The lowest BCUT2D eigenvalue weighted by Crippen LogP contribution is -2.15. The highest BCUT2D eigenvalue weighted by Crippen LogP contribution is 2.25. The molecule has 0 heterocycles. The third kappa shape index (κ3) is 4.37. The summed E-state index contributed by atoms with van der Waals surface area (Å²) in [4.78, 5) is 24.2. The molecule has 0 aromatic heterocycles. The van der Waals surface area contributed by atoms with Crippen LogP contribution in [0.25, 0.3) is 0 Å². The van der Waals surface area contributed by atoms with Crippen molar-refractivity contribution in [2.24, 2.45) is 0 Å². The maximum atomic E-state index is 12.5. The van der Waals surface area contributed by atoms with E-state index in [2.05, 4.69) is 10.1 Å². The summed E-state index contributed by atoms with van der Waals surface area (Å²) < 4.78 is 28.0. The molecule has 0 atom stereocenters.